The van der Waals surface area contributed by atoms with Gasteiger partial charge in [-0.15, -0.1) is 0 Å². The van der Waals surface area contributed by atoms with Crippen molar-refractivity contribution in [3.63, 3.8) is 0 Å². The zero-order valence-corrected chi connectivity index (χ0v) is 11.5. The molecule has 0 unspecified atom stereocenters. The molecule has 2 aromatic carbocycles. The van der Waals surface area contributed by atoms with Gasteiger partial charge < -0.3 is 16.4 Å². The summed E-state index contributed by atoms with van der Waals surface area (Å²) in [6, 6.07) is 14.9. The van der Waals surface area contributed by atoms with Crippen LogP contribution in [0.4, 0.5) is 11.4 Å². The number of nitrogens with two attached hydrogens (primary N) is 2. The number of carbonyl (C=O) groups is 1. The maximum atomic E-state index is 12.5. The zero-order valence-electron chi connectivity index (χ0n) is 11.5. The second-order valence-corrected chi connectivity index (χ2v) is 4.69. The summed E-state index contributed by atoms with van der Waals surface area (Å²) in [6.45, 7) is 3.16. The first kappa shape index (κ1) is 13.9. The van der Waals surface area contributed by atoms with Crippen LogP contribution < -0.4 is 11.5 Å². The Kier molecular flexibility index (Phi) is 4.25. The lowest BCUT2D eigenvalue weighted by Gasteiger charge is -2.21. The predicted molar refractivity (Wildman–Crippen MR) is 82.1 cm³/mol. The minimum absolute atomic E-state index is 0.0599. The van der Waals surface area contributed by atoms with Crippen LogP contribution in [0.25, 0.3) is 0 Å². The van der Waals surface area contributed by atoms with Crippen LogP contribution in [-0.4, -0.2) is 17.4 Å². The number of rotatable bonds is 4. The van der Waals surface area contributed by atoms with E-state index >= 15 is 0 Å². The van der Waals surface area contributed by atoms with Gasteiger partial charge in [0.2, 0.25) is 0 Å². The van der Waals surface area contributed by atoms with Crippen LogP contribution in [0.5, 0.6) is 0 Å². The quantitative estimate of drug-likeness (QED) is 0.838. The Morgan fingerprint density at radius 3 is 2.20 bits per heavy atom. The van der Waals surface area contributed by atoms with E-state index in [-0.39, 0.29) is 5.91 Å². The molecule has 2 aromatic rings. The summed E-state index contributed by atoms with van der Waals surface area (Å²) in [5.41, 5.74) is 14.1. The van der Waals surface area contributed by atoms with E-state index in [9.17, 15) is 4.79 Å². The fraction of sp³-hybridized carbons (Fsp3) is 0.188. The molecule has 104 valence electrons. The molecule has 0 heterocycles. The summed E-state index contributed by atoms with van der Waals surface area (Å²) in [4.78, 5) is 14.3. The number of nitrogens with zero attached hydrogens (tertiary/aromatic N) is 1. The molecule has 0 fully saturated rings. The third-order valence-electron chi connectivity index (χ3n) is 3.11. The minimum Gasteiger partial charge on any atom is -0.399 e. The predicted octanol–water partition coefficient (Wildman–Crippen LogP) is 2.51. The lowest BCUT2D eigenvalue weighted by molar-refractivity contribution is 0.0752. The molecule has 0 radical (unpaired) electrons. The van der Waals surface area contributed by atoms with E-state index < -0.39 is 0 Å². The molecule has 4 heteroatoms. The third kappa shape index (κ3) is 3.29. The van der Waals surface area contributed by atoms with Gasteiger partial charge in [0.05, 0.1) is 0 Å². The highest BCUT2D eigenvalue weighted by Gasteiger charge is 2.15. The fourth-order valence-corrected chi connectivity index (χ4v) is 2.11. The first-order chi connectivity index (χ1) is 9.60. The molecule has 0 aliphatic rings. The molecule has 0 saturated heterocycles. The lowest BCUT2D eigenvalue weighted by Crippen LogP contribution is -2.30. The smallest absolute Gasteiger partial charge is 0.254 e. The van der Waals surface area contributed by atoms with E-state index in [0.717, 1.165) is 5.56 Å². The first-order valence-electron chi connectivity index (χ1n) is 6.59. The Morgan fingerprint density at radius 2 is 1.65 bits per heavy atom. The average Bonchev–Trinajstić information content (AvgIpc) is 2.44. The maximum absolute atomic E-state index is 12.5. The lowest BCUT2D eigenvalue weighted by atomic mass is 10.1. The van der Waals surface area contributed by atoms with Gasteiger partial charge in [-0.2, -0.15) is 0 Å². The molecular weight excluding hydrogens is 250 g/mol. The van der Waals surface area contributed by atoms with Crippen LogP contribution in [0, 0.1) is 0 Å². The van der Waals surface area contributed by atoms with E-state index in [1.54, 1.807) is 23.1 Å². The number of nitrogen functional groups attached to an aromatic ring is 2. The molecule has 20 heavy (non-hydrogen) atoms. The summed E-state index contributed by atoms with van der Waals surface area (Å²) in [7, 11) is 0. The zero-order chi connectivity index (χ0) is 14.5. The largest absolute Gasteiger partial charge is 0.399 e. The van der Waals surface area contributed by atoms with Crippen LogP contribution in [0.3, 0.4) is 0 Å². The summed E-state index contributed by atoms with van der Waals surface area (Å²) in [6.07, 6.45) is 0. The number of hydrogen-bond donors (Lipinski definition) is 2. The average molecular weight is 269 g/mol. The fourth-order valence-electron chi connectivity index (χ4n) is 2.11. The van der Waals surface area contributed by atoms with Gasteiger partial charge in [0.1, 0.15) is 0 Å². The molecule has 4 nitrogen and oxygen atoms in total. The van der Waals surface area contributed by atoms with Crippen LogP contribution in [-0.2, 0) is 6.54 Å². The summed E-state index contributed by atoms with van der Waals surface area (Å²) >= 11 is 0. The molecule has 0 spiro atoms. The number of benzene rings is 2. The SMILES string of the molecule is CCN(Cc1ccccc1)C(=O)c1cc(N)cc(N)c1. The molecule has 0 aromatic heterocycles. The van der Waals surface area contributed by atoms with Crippen LogP contribution >= 0.6 is 0 Å². The maximum Gasteiger partial charge on any atom is 0.254 e. The summed E-state index contributed by atoms with van der Waals surface area (Å²) in [5.74, 6) is -0.0599. The highest BCUT2D eigenvalue weighted by Crippen LogP contribution is 2.16. The van der Waals surface area contributed by atoms with Gasteiger partial charge in [-0.25, -0.2) is 0 Å². The van der Waals surface area contributed by atoms with E-state index in [2.05, 4.69) is 0 Å². The number of hydrogen-bond acceptors (Lipinski definition) is 3. The van der Waals surface area contributed by atoms with Crippen molar-refractivity contribution in [2.45, 2.75) is 13.5 Å². The first-order valence-corrected chi connectivity index (χ1v) is 6.59. The van der Waals surface area contributed by atoms with Crippen molar-refractivity contribution in [3.05, 3.63) is 59.7 Å². The number of carbonyl (C=O) groups excluding carboxylic acids is 1. The Labute approximate surface area is 119 Å². The van der Waals surface area contributed by atoms with Gasteiger partial charge in [0.25, 0.3) is 5.91 Å². The highest BCUT2D eigenvalue weighted by atomic mass is 16.2. The van der Waals surface area contributed by atoms with E-state index in [0.29, 0.717) is 30.0 Å². The van der Waals surface area contributed by atoms with Crippen molar-refractivity contribution in [1.82, 2.24) is 4.90 Å². The van der Waals surface area contributed by atoms with E-state index in [4.69, 9.17) is 11.5 Å². The van der Waals surface area contributed by atoms with E-state index in [1.807, 2.05) is 37.3 Å². The number of amides is 1. The molecule has 0 bridgehead atoms. The molecule has 0 aliphatic carbocycles. The van der Waals surface area contributed by atoms with Crippen molar-refractivity contribution in [2.75, 3.05) is 18.0 Å². The van der Waals surface area contributed by atoms with Crippen LogP contribution in [0.15, 0.2) is 48.5 Å². The molecule has 4 N–H and O–H groups in total. The van der Waals surface area contributed by atoms with Gasteiger partial charge >= 0.3 is 0 Å². The van der Waals surface area contributed by atoms with Gasteiger partial charge in [-0.1, -0.05) is 30.3 Å². The van der Waals surface area contributed by atoms with Crippen molar-refractivity contribution in [3.8, 4) is 0 Å². The molecule has 0 aliphatic heterocycles. The van der Waals surface area contributed by atoms with Gasteiger partial charge in [0.15, 0.2) is 0 Å². The standard InChI is InChI=1S/C16H19N3O/c1-2-19(11-12-6-4-3-5-7-12)16(20)13-8-14(17)10-15(18)9-13/h3-10H,2,11,17-18H2,1H3. The molecule has 0 saturated carbocycles. The van der Waals surface area contributed by atoms with Crippen LogP contribution in [0.2, 0.25) is 0 Å². The number of anilines is 2. The molecule has 2 rings (SSSR count). The van der Waals surface area contributed by atoms with Crippen LogP contribution in [0.1, 0.15) is 22.8 Å². The van der Waals surface area contributed by atoms with Gasteiger partial charge in [-0.05, 0) is 30.7 Å². The Morgan fingerprint density at radius 1 is 1.05 bits per heavy atom. The minimum atomic E-state index is -0.0599. The van der Waals surface area contributed by atoms with Crippen molar-refractivity contribution >= 4 is 17.3 Å². The summed E-state index contributed by atoms with van der Waals surface area (Å²) in [5, 5.41) is 0. The van der Waals surface area contributed by atoms with Gasteiger partial charge in [-0.3, -0.25) is 4.79 Å². The second kappa shape index (κ2) is 6.10. The summed E-state index contributed by atoms with van der Waals surface area (Å²) < 4.78 is 0. The Balaban J connectivity index is 2.20. The third-order valence-corrected chi connectivity index (χ3v) is 3.11. The van der Waals surface area contributed by atoms with Crippen molar-refractivity contribution in [1.29, 1.82) is 0 Å². The van der Waals surface area contributed by atoms with E-state index in [1.165, 1.54) is 0 Å². The van der Waals surface area contributed by atoms with Crippen molar-refractivity contribution < 1.29 is 4.79 Å². The Bertz CT molecular complexity index is 576. The highest BCUT2D eigenvalue weighted by molar-refractivity contribution is 5.96. The van der Waals surface area contributed by atoms with Gasteiger partial charge in [0, 0.05) is 30.0 Å². The topological polar surface area (TPSA) is 72.3 Å². The molecule has 0 atom stereocenters. The molecule has 1 amide bonds. The Hall–Kier alpha value is -2.49. The monoisotopic (exact) mass is 269 g/mol. The van der Waals surface area contributed by atoms with Crippen molar-refractivity contribution in [2.24, 2.45) is 0 Å². The normalized spacial score (nSPS) is 10.2. The second-order valence-electron chi connectivity index (χ2n) is 4.69. The molecular formula is C16H19N3O.